The highest BCUT2D eigenvalue weighted by atomic mass is 35.5. The third-order valence-electron chi connectivity index (χ3n) is 11.8. The van der Waals surface area contributed by atoms with E-state index in [1.165, 1.54) is 0 Å². The molecule has 48 heavy (non-hydrogen) atoms. The third-order valence-corrected chi connectivity index (χ3v) is 13.9. The standard InChI is InChI=1S/C34H36Cl6O8/c1-15-31(3,4)33(15,7)9-11-45-27(41)21-23(39)17(35)13-19(37)25(21)47-29(43)30(44)48-26-20(38)14-18(36)24(40)22(26)28(42)46-12-10-34(8)16(2)32(34,5)6/h13-16H,9-12H2,1-8H3. The summed E-state index contributed by atoms with van der Waals surface area (Å²) in [5, 5.41) is -1.52. The fourth-order valence-electron chi connectivity index (χ4n) is 6.68. The number of hydrogen-bond donors (Lipinski definition) is 0. The van der Waals surface area contributed by atoms with E-state index in [1.54, 1.807) is 0 Å². The molecule has 4 unspecified atom stereocenters. The van der Waals surface area contributed by atoms with Gasteiger partial charge in [0.1, 0.15) is 11.1 Å². The van der Waals surface area contributed by atoms with Gasteiger partial charge in [0.05, 0.1) is 43.3 Å². The number of halogens is 6. The molecule has 0 spiro atoms. The molecule has 0 heterocycles. The SMILES string of the molecule is CC1C(C)(C)C1(C)CCOC(=O)c1c(Cl)c(Cl)cc(Cl)c1OC(=O)C(=O)Oc1c(Cl)cc(Cl)c(Cl)c1C(=O)OCCC1(C)C(C)C1(C)C. The first-order valence-corrected chi connectivity index (χ1v) is 17.4. The molecule has 4 rings (SSSR count). The highest BCUT2D eigenvalue weighted by molar-refractivity contribution is 6.47. The second-order valence-electron chi connectivity index (χ2n) is 14.0. The Morgan fingerprint density at radius 1 is 0.583 bits per heavy atom. The second kappa shape index (κ2) is 13.6. The van der Waals surface area contributed by atoms with Gasteiger partial charge in [0.2, 0.25) is 0 Å². The van der Waals surface area contributed by atoms with Crippen molar-refractivity contribution in [2.75, 3.05) is 13.2 Å². The molecule has 0 bridgehead atoms. The Labute approximate surface area is 309 Å². The Hall–Kier alpha value is -1.94. The summed E-state index contributed by atoms with van der Waals surface area (Å²) in [4.78, 5) is 52.4. The van der Waals surface area contributed by atoms with Gasteiger partial charge in [0.25, 0.3) is 0 Å². The first-order chi connectivity index (χ1) is 22.0. The largest absolute Gasteiger partial charge is 0.462 e. The van der Waals surface area contributed by atoms with Crippen LogP contribution in [0.4, 0.5) is 0 Å². The maximum Gasteiger partial charge on any atom is 0.423 e. The van der Waals surface area contributed by atoms with Crippen LogP contribution in [0.15, 0.2) is 12.1 Å². The van der Waals surface area contributed by atoms with Crippen LogP contribution in [0.25, 0.3) is 0 Å². The Kier molecular flexibility index (Phi) is 11.0. The summed E-state index contributed by atoms with van der Waals surface area (Å²) in [7, 11) is 0. The van der Waals surface area contributed by atoms with Crippen LogP contribution in [0.2, 0.25) is 30.1 Å². The molecule has 0 saturated heterocycles. The van der Waals surface area contributed by atoms with Crippen molar-refractivity contribution in [3.63, 3.8) is 0 Å². The van der Waals surface area contributed by atoms with Gasteiger partial charge in [-0.05, 0) is 58.5 Å². The maximum absolute atomic E-state index is 13.2. The van der Waals surface area contributed by atoms with E-state index in [4.69, 9.17) is 88.6 Å². The van der Waals surface area contributed by atoms with Crippen molar-refractivity contribution >= 4 is 93.5 Å². The molecular formula is C34H36Cl6O8. The first-order valence-electron chi connectivity index (χ1n) is 15.2. The van der Waals surface area contributed by atoms with E-state index in [1.807, 2.05) is 0 Å². The molecule has 4 atom stereocenters. The predicted molar refractivity (Wildman–Crippen MR) is 186 cm³/mol. The lowest BCUT2D eigenvalue weighted by atomic mass is 9.95. The van der Waals surface area contributed by atoms with Crippen LogP contribution in [0.5, 0.6) is 11.5 Å². The van der Waals surface area contributed by atoms with E-state index < -0.39 is 46.5 Å². The monoisotopic (exact) mass is 782 g/mol. The van der Waals surface area contributed by atoms with Crippen molar-refractivity contribution in [3.05, 3.63) is 53.4 Å². The van der Waals surface area contributed by atoms with E-state index in [9.17, 15) is 19.2 Å². The summed E-state index contributed by atoms with van der Waals surface area (Å²) in [5.74, 6) is -5.62. The highest BCUT2D eigenvalue weighted by Gasteiger charge is 2.65. The number of benzene rings is 2. The van der Waals surface area contributed by atoms with Crippen molar-refractivity contribution < 1.29 is 38.1 Å². The molecule has 2 aliphatic rings. The van der Waals surface area contributed by atoms with Gasteiger partial charge in [-0.1, -0.05) is 125 Å². The van der Waals surface area contributed by atoms with E-state index in [-0.39, 0.29) is 65.0 Å². The van der Waals surface area contributed by atoms with E-state index >= 15 is 0 Å². The van der Waals surface area contributed by atoms with Crippen LogP contribution in [0.1, 0.15) is 88.9 Å². The lowest BCUT2D eigenvalue weighted by Crippen LogP contribution is -2.27. The maximum atomic E-state index is 13.2. The minimum atomic E-state index is -1.65. The van der Waals surface area contributed by atoms with Crippen LogP contribution in [-0.4, -0.2) is 37.1 Å². The summed E-state index contributed by atoms with van der Waals surface area (Å²) >= 11 is 37.5. The molecular weight excluding hydrogens is 749 g/mol. The van der Waals surface area contributed by atoms with Gasteiger partial charge in [-0.25, -0.2) is 19.2 Å². The summed E-state index contributed by atoms with van der Waals surface area (Å²) in [6.45, 7) is 17.1. The zero-order valence-corrected chi connectivity index (χ0v) is 32.2. The fraction of sp³-hybridized carbons (Fsp3) is 0.529. The quantitative estimate of drug-likeness (QED) is 0.101. The van der Waals surface area contributed by atoms with Gasteiger partial charge in [-0.3, -0.25) is 0 Å². The second-order valence-corrected chi connectivity index (χ2v) is 16.4. The van der Waals surface area contributed by atoms with Crippen molar-refractivity contribution in [1.29, 1.82) is 0 Å². The van der Waals surface area contributed by atoms with E-state index in [0.29, 0.717) is 24.7 Å². The fourth-order valence-corrected chi connectivity index (χ4v) is 8.12. The van der Waals surface area contributed by atoms with Crippen LogP contribution in [0, 0.1) is 33.5 Å². The average molecular weight is 785 g/mol. The van der Waals surface area contributed by atoms with Crippen LogP contribution in [0.3, 0.4) is 0 Å². The van der Waals surface area contributed by atoms with Crippen molar-refractivity contribution in [2.24, 2.45) is 33.5 Å². The molecule has 14 heteroatoms. The lowest BCUT2D eigenvalue weighted by molar-refractivity contribution is -0.156. The van der Waals surface area contributed by atoms with Gasteiger partial charge in [0, 0.05) is 0 Å². The Morgan fingerprint density at radius 3 is 1.15 bits per heavy atom. The van der Waals surface area contributed by atoms with Crippen LogP contribution >= 0.6 is 69.6 Å². The molecule has 2 aromatic rings. The number of carbonyl (C=O) groups excluding carboxylic acids is 4. The summed E-state index contributed by atoms with van der Waals surface area (Å²) in [6.07, 6.45) is 1.12. The number of esters is 4. The Balaban J connectivity index is 1.51. The molecule has 2 aliphatic carbocycles. The predicted octanol–water partition coefficient (Wildman–Crippen LogP) is 10.6. The van der Waals surface area contributed by atoms with E-state index in [2.05, 4.69) is 55.4 Å². The molecule has 0 radical (unpaired) electrons. The molecule has 262 valence electrons. The van der Waals surface area contributed by atoms with Crippen LogP contribution in [-0.2, 0) is 19.1 Å². The third kappa shape index (κ3) is 6.74. The van der Waals surface area contributed by atoms with Gasteiger partial charge in [0.15, 0.2) is 11.5 Å². The van der Waals surface area contributed by atoms with Crippen molar-refractivity contribution in [2.45, 2.75) is 68.2 Å². The minimum absolute atomic E-state index is 0.0315. The normalized spacial score (nSPS) is 24.8. The van der Waals surface area contributed by atoms with Crippen LogP contribution < -0.4 is 9.47 Å². The zero-order chi connectivity index (χ0) is 36.3. The Morgan fingerprint density at radius 2 is 0.875 bits per heavy atom. The first kappa shape index (κ1) is 38.9. The van der Waals surface area contributed by atoms with Crippen molar-refractivity contribution in [1.82, 2.24) is 0 Å². The van der Waals surface area contributed by atoms with Crippen molar-refractivity contribution in [3.8, 4) is 11.5 Å². The minimum Gasteiger partial charge on any atom is -0.462 e. The van der Waals surface area contributed by atoms with Gasteiger partial charge < -0.3 is 18.9 Å². The smallest absolute Gasteiger partial charge is 0.423 e. The van der Waals surface area contributed by atoms with Gasteiger partial charge in [-0.2, -0.15) is 0 Å². The number of ether oxygens (including phenoxy) is 4. The molecule has 0 aliphatic heterocycles. The van der Waals surface area contributed by atoms with E-state index in [0.717, 1.165) is 12.1 Å². The molecule has 0 N–H and O–H groups in total. The molecule has 2 aromatic carbocycles. The average Bonchev–Trinajstić information content (AvgIpc) is 3.58. The van der Waals surface area contributed by atoms with Gasteiger partial charge in [-0.15, -0.1) is 0 Å². The molecule has 2 fully saturated rings. The topological polar surface area (TPSA) is 105 Å². The van der Waals surface area contributed by atoms with Gasteiger partial charge >= 0.3 is 23.9 Å². The number of carbonyl (C=O) groups is 4. The lowest BCUT2D eigenvalue weighted by Gasteiger charge is -2.17. The molecule has 0 amide bonds. The molecule has 8 nitrogen and oxygen atoms in total. The molecule has 0 aromatic heterocycles. The summed E-state index contributed by atoms with van der Waals surface area (Å²) in [5.41, 5.74) is -0.912. The molecule has 2 saturated carbocycles. The highest BCUT2D eigenvalue weighted by Crippen LogP contribution is 2.71. The number of rotatable bonds is 10. The zero-order valence-electron chi connectivity index (χ0n) is 27.7. The summed E-state index contributed by atoms with van der Waals surface area (Å²) < 4.78 is 21.3. The Bertz CT molecular complexity index is 1580. The number of hydrogen-bond acceptors (Lipinski definition) is 8. The summed E-state index contributed by atoms with van der Waals surface area (Å²) in [6, 6.07) is 2.25.